The van der Waals surface area contributed by atoms with Crippen LogP contribution in [0.5, 0.6) is 5.75 Å². The van der Waals surface area contributed by atoms with E-state index in [4.69, 9.17) is 0 Å². The van der Waals surface area contributed by atoms with Gasteiger partial charge in [0.25, 0.3) is 0 Å². The summed E-state index contributed by atoms with van der Waals surface area (Å²) in [6, 6.07) is 12.6. The minimum atomic E-state index is 0.0412. The number of nitrogens with zero attached hydrogens (tertiary/aromatic N) is 1. The van der Waals surface area contributed by atoms with E-state index in [0.717, 1.165) is 5.56 Å². The first-order valence-electron chi connectivity index (χ1n) is 4.76. The summed E-state index contributed by atoms with van der Waals surface area (Å²) in [6.45, 7) is 0. The molecule has 1 heterocycles. The van der Waals surface area contributed by atoms with Crippen LogP contribution in [0.25, 0.3) is 12.3 Å². The van der Waals surface area contributed by atoms with Crippen molar-refractivity contribution in [3.63, 3.8) is 0 Å². The summed E-state index contributed by atoms with van der Waals surface area (Å²) < 4.78 is 1.95. The van der Waals surface area contributed by atoms with Crippen molar-refractivity contribution in [1.82, 2.24) is 0 Å². The van der Waals surface area contributed by atoms with Gasteiger partial charge < -0.3 is 5.11 Å². The fraction of sp³-hybridized carbons (Fsp3) is 0. The molecule has 2 heteroatoms. The molecule has 2 aromatic rings. The molecule has 0 spiro atoms. The van der Waals surface area contributed by atoms with Gasteiger partial charge in [-0.05, 0) is 5.56 Å². The van der Waals surface area contributed by atoms with Gasteiger partial charge in [-0.25, -0.2) is 0 Å². The van der Waals surface area contributed by atoms with Gasteiger partial charge in [0.05, 0.1) is 0 Å². The number of hydrogen-bond donors (Lipinski definition) is 0. The molecule has 15 heavy (non-hydrogen) atoms. The molecular weight excluding hydrogens is 186 g/mol. The standard InChI is InChI=1S/C13H11NO/c15-13-6-4-12(5-7-13)8-11-14-9-2-1-3-10-14/h1-11H/b11-8+. The molecule has 0 amide bonds. The molecule has 1 aromatic carbocycles. The lowest BCUT2D eigenvalue weighted by atomic mass is 10.2. The van der Waals surface area contributed by atoms with Gasteiger partial charge in [0.15, 0.2) is 18.6 Å². The highest BCUT2D eigenvalue weighted by atomic mass is 16.3. The minimum absolute atomic E-state index is 0.0412. The fourth-order valence-electron chi connectivity index (χ4n) is 1.26. The molecular formula is C13H11NO. The molecule has 0 saturated carbocycles. The highest BCUT2D eigenvalue weighted by Crippen LogP contribution is 2.07. The number of hydrogen-bond acceptors (Lipinski definition) is 1. The normalized spacial score (nSPS) is 10.7. The third-order valence-corrected chi connectivity index (χ3v) is 2.06. The molecule has 0 N–H and O–H groups in total. The second-order valence-electron chi connectivity index (χ2n) is 3.21. The Morgan fingerprint density at radius 1 is 0.933 bits per heavy atom. The molecule has 0 unspecified atom stereocenters. The van der Waals surface area contributed by atoms with Crippen LogP contribution in [-0.4, -0.2) is 0 Å². The van der Waals surface area contributed by atoms with Crippen LogP contribution in [0.15, 0.2) is 54.9 Å². The van der Waals surface area contributed by atoms with Crippen LogP contribution in [0.2, 0.25) is 0 Å². The van der Waals surface area contributed by atoms with Crippen molar-refractivity contribution in [2.24, 2.45) is 0 Å². The van der Waals surface area contributed by atoms with Crippen molar-refractivity contribution in [1.29, 1.82) is 0 Å². The zero-order valence-corrected chi connectivity index (χ0v) is 8.21. The quantitative estimate of drug-likeness (QED) is 0.673. The molecule has 74 valence electrons. The summed E-state index contributed by atoms with van der Waals surface area (Å²) >= 11 is 0. The lowest BCUT2D eigenvalue weighted by molar-refractivity contribution is -0.567. The van der Waals surface area contributed by atoms with Crippen molar-refractivity contribution in [2.45, 2.75) is 0 Å². The molecule has 0 fully saturated rings. The summed E-state index contributed by atoms with van der Waals surface area (Å²) in [5.74, 6) is 0.0412. The van der Waals surface area contributed by atoms with Crippen LogP contribution in [0.3, 0.4) is 0 Å². The van der Waals surface area contributed by atoms with Crippen molar-refractivity contribution < 1.29 is 9.67 Å². The Hall–Kier alpha value is -2.09. The molecule has 0 saturated heterocycles. The molecule has 0 radical (unpaired) electrons. The van der Waals surface area contributed by atoms with Gasteiger partial charge in [0, 0.05) is 18.2 Å². The van der Waals surface area contributed by atoms with E-state index in [9.17, 15) is 5.11 Å². The zero-order chi connectivity index (χ0) is 10.5. The number of aromatic nitrogens is 1. The topological polar surface area (TPSA) is 26.9 Å². The molecule has 0 atom stereocenters. The maximum absolute atomic E-state index is 10.9. The monoisotopic (exact) mass is 197 g/mol. The predicted molar refractivity (Wildman–Crippen MR) is 57.7 cm³/mol. The van der Waals surface area contributed by atoms with Crippen LogP contribution < -0.4 is 9.67 Å². The Morgan fingerprint density at radius 2 is 1.60 bits per heavy atom. The molecule has 0 bridgehead atoms. The Balaban J connectivity index is 2.15. The first kappa shape index (κ1) is 9.46. The van der Waals surface area contributed by atoms with Gasteiger partial charge in [-0.15, -0.1) is 5.75 Å². The maximum atomic E-state index is 10.9. The van der Waals surface area contributed by atoms with Crippen LogP contribution >= 0.6 is 0 Å². The molecule has 1 aromatic heterocycles. The molecule has 2 rings (SSSR count). The summed E-state index contributed by atoms with van der Waals surface area (Å²) in [4.78, 5) is 0. The largest absolute Gasteiger partial charge is 0.872 e. The third-order valence-electron chi connectivity index (χ3n) is 2.06. The van der Waals surface area contributed by atoms with E-state index in [2.05, 4.69) is 0 Å². The predicted octanol–water partition coefficient (Wildman–Crippen LogP) is 1.68. The molecule has 2 nitrogen and oxygen atoms in total. The van der Waals surface area contributed by atoms with Gasteiger partial charge in [-0.1, -0.05) is 30.3 Å². The lowest BCUT2D eigenvalue weighted by Crippen LogP contribution is -2.23. The van der Waals surface area contributed by atoms with E-state index in [1.807, 2.05) is 59.6 Å². The van der Waals surface area contributed by atoms with Crippen LogP contribution in [0.4, 0.5) is 0 Å². The van der Waals surface area contributed by atoms with Gasteiger partial charge in [-0.2, -0.15) is 4.57 Å². The molecule has 0 aliphatic rings. The van der Waals surface area contributed by atoms with Crippen molar-refractivity contribution in [2.75, 3.05) is 0 Å². The van der Waals surface area contributed by atoms with Crippen LogP contribution in [0.1, 0.15) is 5.56 Å². The smallest absolute Gasteiger partial charge is 0.175 e. The third kappa shape index (κ3) is 2.68. The van der Waals surface area contributed by atoms with E-state index in [1.165, 1.54) is 0 Å². The number of rotatable bonds is 2. The highest BCUT2D eigenvalue weighted by molar-refractivity contribution is 5.57. The van der Waals surface area contributed by atoms with Crippen molar-refractivity contribution in [3.05, 3.63) is 60.4 Å². The second-order valence-corrected chi connectivity index (χ2v) is 3.21. The zero-order valence-electron chi connectivity index (χ0n) is 8.21. The average molecular weight is 197 g/mol. The van der Waals surface area contributed by atoms with E-state index in [1.54, 1.807) is 12.1 Å². The minimum Gasteiger partial charge on any atom is -0.872 e. The highest BCUT2D eigenvalue weighted by Gasteiger charge is 1.90. The first-order chi connectivity index (χ1) is 7.34. The number of pyridine rings is 1. The van der Waals surface area contributed by atoms with E-state index in [-0.39, 0.29) is 5.75 Å². The Labute approximate surface area is 88.8 Å². The van der Waals surface area contributed by atoms with Gasteiger partial charge >= 0.3 is 0 Å². The first-order valence-corrected chi connectivity index (χ1v) is 4.76. The van der Waals surface area contributed by atoms with E-state index in [0.29, 0.717) is 0 Å². The summed E-state index contributed by atoms with van der Waals surface area (Å²) in [5.41, 5.74) is 1.02. The van der Waals surface area contributed by atoms with E-state index < -0.39 is 0 Å². The second kappa shape index (κ2) is 4.42. The van der Waals surface area contributed by atoms with Gasteiger partial charge in [0.1, 0.15) is 0 Å². The summed E-state index contributed by atoms with van der Waals surface area (Å²) in [7, 11) is 0. The number of benzene rings is 1. The lowest BCUT2D eigenvalue weighted by Gasteiger charge is -2.02. The Bertz CT molecular complexity index is 446. The summed E-state index contributed by atoms with van der Waals surface area (Å²) in [6.07, 6.45) is 7.82. The van der Waals surface area contributed by atoms with Crippen molar-refractivity contribution >= 4 is 12.3 Å². The summed E-state index contributed by atoms with van der Waals surface area (Å²) in [5, 5.41) is 10.9. The van der Waals surface area contributed by atoms with E-state index >= 15 is 0 Å². The van der Waals surface area contributed by atoms with Gasteiger partial charge in [0.2, 0.25) is 0 Å². The maximum Gasteiger partial charge on any atom is 0.175 e. The average Bonchev–Trinajstić information content (AvgIpc) is 2.30. The van der Waals surface area contributed by atoms with Crippen LogP contribution in [-0.2, 0) is 0 Å². The van der Waals surface area contributed by atoms with Gasteiger partial charge in [-0.3, -0.25) is 0 Å². The molecule has 0 aliphatic heterocycles. The molecule has 0 aliphatic carbocycles. The van der Waals surface area contributed by atoms with Crippen molar-refractivity contribution in [3.8, 4) is 5.75 Å². The SMILES string of the molecule is [O-]c1ccc(/C=C/[n+]2ccccc2)cc1. The van der Waals surface area contributed by atoms with Crippen LogP contribution in [0, 0.1) is 0 Å². The Morgan fingerprint density at radius 3 is 2.27 bits per heavy atom. The fourth-order valence-corrected chi connectivity index (χ4v) is 1.26. The Kier molecular flexibility index (Phi) is 2.79.